The number of hydrogen-bond donors (Lipinski definition) is 1. The van der Waals surface area contributed by atoms with Crippen molar-refractivity contribution in [3.63, 3.8) is 0 Å². The summed E-state index contributed by atoms with van der Waals surface area (Å²) < 4.78 is 1.13. The van der Waals surface area contributed by atoms with Gasteiger partial charge in [0.2, 0.25) is 0 Å². The summed E-state index contributed by atoms with van der Waals surface area (Å²) >= 11 is 3.45. The Labute approximate surface area is 93.8 Å². The molecule has 1 nitrogen and oxygen atoms in total. The Bertz CT molecular complexity index is 299. The third-order valence-corrected chi connectivity index (χ3v) is 3.69. The molecule has 1 aromatic rings. The highest BCUT2D eigenvalue weighted by Crippen LogP contribution is 2.34. The molecule has 1 aliphatic rings. The molecule has 0 aliphatic heterocycles. The highest BCUT2D eigenvalue weighted by Gasteiger charge is 2.28. The minimum absolute atomic E-state index is 0.0566. The van der Waals surface area contributed by atoms with Gasteiger partial charge in [-0.05, 0) is 30.5 Å². The molecule has 0 spiro atoms. The molecule has 0 amide bonds. The van der Waals surface area contributed by atoms with Crippen LogP contribution in [-0.4, -0.2) is 0 Å². The summed E-state index contributed by atoms with van der Waals surface area (Å²) in [5, 5.41) is 0. The lowest BCUT2D eigenvalue weighted by Gasteiger charge is -2.34. The van der Waals surface area contributed by atoms with Crippen molar-refractivity contribution < 1.29 is 0 Å². The molecule has 1 saturated carbocycles. The summed E-state index contributed by atoms with van der Waals surface area (Å²) in [6.45, 7) is 0. The van der Waals surface area contributed by atoms with E-state index < -0.39 is 0 Å². The Morgan fingerprint density at radius 3 is 2.14 bits per heavy atom. The maximum atomic E-state index is 6.42. The molecule has 76 valence electrons. The molecule has 0 unspecified atom stereocenters. The molecule has 2 rings (SSSR count). The number of hydrogen-bond acceptors (Lipinski definition) is 1. The van der Waals surface area contributed by atoms with Crippen molar-refractivity contribution in [1.29, 1.82) is 0 Å². The molecular formula is C12H16BrN. The molecule has 0 aromatic heterocycles. The first-order chi connectivity index (χ1) is 6.71. The van der Waals surface area contributed by atoms with Gasteiger partial charge in [-0.3, -0.25) is 0 Å². The fourth-order valence-corrected chi connectivity index (χ4v) is 2.52. The second-order valence-electron chi connectivity index (χ2n) is 4.22. The monoisotopic (exact) mass is 253 g/mol. The average molecular weight is 254 g/mol. The third kappa shape index (κ3) is 2.01. The second kappa shape index (κ2) is 4.03. The van der Waals surface area contributed by atoms with Crippen molar-refractivity contribution in [1.82, 2.24) is 0 Å². The molecule has 0 radical (unpaired) electrons. The molecule has 0 saturated heterocycles. The van der Waals surface area contributed by atoms with Gasteiger partial charge in [0.25, 0.3) is 0 Å². The molecule has 14 heavy (non-hydrogen) atoms. The molecule has 0 bridgehead atoms. The van der Waals surface area contributed by atoms with E-state index in [2.05, 4.69) is 40.2 Å². The zero-order valence-electron chi connectivity index (χ0n) is 8.30. The summed E-state index contributed by atoms with van der Waals surface area (Å²) in [5.74, 6) is 0. The van der Waals surface area contributed by atoms with Gasteiger partial charge in [-0.15, -0.1) is 0 Å². The van der Waals surface area contributed by atoms with Gasteiger partial charge in [0.15, 0.2) is 0 Å². The van der Waals surface area contributed by atoms with Crippen molar-refractivity contribution in [3.05, 3.63) is 34.3 Å². The van der Waals surface area contributed by atoms with Crippen LogP contribution in [0.1, 0.15) is 37.7 Å². The van der Waals surface area contributed by atoms with Gasteiger partial charge in [-0.1, -0.05) is 47.3 Å². The normalized spacial score (nSPS) is 20.7. The van der Waals surface area contributed by atoms with E-state index in [0.717, 1.165) is 17.3 Å². The van der Waals surface area contributed by atoms with Gasteiger partial charge < -0.3 is 5.73 Å². The highest BCUT2D eigenvalue weighted by atomic mass is 79.9. The van der Waals surface area contributed by atoms with E-state index in [9.17, 15) is 0 Å². The summed E-state index contributed by atoms with van der Waals surface area (Å²) in [4.78, 5) is 0. The van der Waals surface area contributed by atoms with Gasteiger partial charge in [0.05, 0.1) is 0 Å². The summed E-state index contributed by atoms with van der Waals surface area (Å²) in [6.07, 6.45) is 6.15. The van der Waals surface area contributed by atoms with Gasteiger partial charge in [-0.25, -0.2) is 0 Å². The smallest absolute Gasteiger partial charge is 0.0409 e. The minimum Gasteiger partial charge on any atom is -0.321 e. The molecule has 0 atom stereocenters. The SMILES string of the molecule is NC1(c2ccc(Br)cc2)CCCCC1. The van der Waals surface area contributed by atoms with E-state index in [-0.39, 0.29) is 5.54 Å². The van der Waals surface area contributed by atoms with Crippen molar-refractivity contribution in [2.24, 2.45) is 5.73 Å². The Morgan fingerprint density at radius 1 is 1.00 bits per heavy atom. The molecule has 1 fully saturated rings. The summed E-state index contributed by atoms with van der Waals surface area (Å²) in [5.41, 5.74) is 7.65. The van der Waals surface area contributed by atoms with Crippen LogP contribution in [-0.2, 0) is 5.54 Å². The largest absolute Gasteiger partial charge is 0.321 e. The van der Waals surface area contributed by atoms with E-state index in [1.54, 1.807) is 0 Å². The van der Waals surface area contributed by atoms with Crippen LogP contribution in [0.25, 0.3) is 0 Å². The maximum absolute atomic E-state index is 6.42. The van der Waals surface area contributed by atoms with Crippen LogP contribution >= 0.6 is 15.9 Å². The molecule has 2 heteroatoms. The van der Waals surface area contributed by atoms with Crippen LogP contribution in [0.3, 0.4) is 0 Å². The number of benzene rings is 1. The van der Waals surface area contributed by atoms with Crippen molar-refractivity contribution >= 4 is 15.9 Å². The lowest BCUT2D eigenvalue weighted by Crippen LogP contribution is -2.38. The number of rotatable bonds is 1. The molecule has 2 N–H and O–H groups in total. The third-order valence-electron chi connectivity index (χ3n) is 3.16. The molecular weight excluding hydrogens is 238 g/mol. The highest BCUT2D eigenvalue weighted by molar-refractivity contribution is 9.10. The topological polar surface area (TPSA) is 26.0 Å². The van der Waals surface area contributed by atoms with Crippen LogP contribution in [0.5, 0.6) is 0 Å². The number of nitrogens with two attached hydrogens (primary N) is 1. The van der Waals surface area contributed by atoms with Crippen molar-refractivity contribution in [2.75, 3.05) is 0 Å². The fourth-order valence-electron chi connectivity index (χ4n) is 2.25. The van der Waals surface area contributed by atoms with E-state index in [0.29, 0.717) is 0 Å². The van der Waals surface area contributed by atoms with Crippen molar-refractivity contribution in [3.8, 4) is 0 Å². The van der Waals surface area contributed by atoms with Gasteiger partial charge in [0.1, 0.15) is 0 Å². The zero-order chi connectivity index (χ0) is 10.0. The van der Waals surface area contributed by atoms with E-state index in [1.807, 2.05) is 0 Å². The maximum Gasteiger partial charge on any atom is 0.0409 e. The van der Waals surface area contributed by atoms with Gasteiger partial charge in [0, 0.05) is 10.0 Å². The Morgan fingerprint density at radius 2 is 1.57 bits per heavy atom. The van der Waals surface area contributed by atoms with E-state index in [4.69, 9.17) is 5.73 Å². The lowest BCUT2D eigenvalue weighted by atomic mass is 9.77. The zero-order valence-corrected chi connectivity index (χ0v) is 9.89. The van der Waals surface area contributed by atoms with Crippen LogP contribution in [0.4, 0.5) is 0 Å². The van der Waals surface area contributed by atoms with Crippen molar-refractivity contribution in [2.45, 2.75) is 37.6 Å². The Hall–Kier alpha value is -0.340. The summed E-state index contributed by atoms with van der Waals surface area (Å²) in [7, 11) is 0. The second-order valence-corrected chi connectivity index (χ2v) is 5.14. The van der Waals surface area contributed by atoms with E-state index in [1.165, 1.54) is 24.8 Å². The lowest BCUT2D eigenvalue weighted by molar-refractivity contribution is 0.302. The molecule has 1 aromatic carbocycles. The first kappa shape index (κ1) is 10.2. The van der Waals surface area contributed by atoms with Gasteiger partial charge in [-0.2, -0.15) is 0 Å². The minimum atomic E-state index is -0.0566. The van der Waals surface area contributed by atoms with Gasteiger partial charge >= 0.3 is 0 Å². The predicted molar refractivity (Wildman–Crippen MR) is 63.1 cm³/mol. The predicted octanol–water partition coefficient (Wildman–Crippen LogP) is 3.57. The standard InChI is InChI=1S/C12H16BrN/c13-11-6-4-10(5-7-11)12(14)8-2-1-3-9-12/h4-7H,1-3,8-9,14H2. The first-order valence-electron chi connectivity index (χ1n) is 5.26. The fraction of sp³-hybridized carbons (Fsp3) is 0.500. The first-order valence-corrected chi connectivity index (χ1v) is 6.05. The number of halogens is 1. The Kier molecular flexibility index (Phi) is 2.93. The average Bonchev–Trinajstić information content (AvgIpc) is 2.19. The van der Waals surface area contributed by atoms with Crippen LogP contribution < -0.4 is 5.73 Å². The molecule has 1 aliphatic carbocycles. The Balaban J connectivity index is 2.23. The molecule has 0 heterocycles. The summed E-state index contributed by atoms with van der Waals surface area (Å²) in [6, 6.07) is 8.46. The van der Waals surface area contributed by atoms with Crippen LogP contribution in [0.15, 0.2) is 28.7 Å². The quantitative estimate of drug-likeness (QED) is 0.814. The van der Waals surface area contributed by atoms with Crippen LogP contribution in [0.2, 0.25) is 0 Å². The van der Waals surface area contributed by atoms with E-state index >= 15 is 0 Å². The van der Waals surface area contributed by atoms with Crippen LogP contribution in [0, 0.1) is 0 Å².